The number of amides is 1. The number of rotatable bonds is 4. The Morgan fingerprint density at radius 2 is 1.51 bits per heavy atom. The third-order valence-electron chi connectivity index (χ3n) is 4.48. The van der Waals surface area contributed by atoms with Gasteiger partial charge in [0.1, 0.15) is 0 Å². The number of nitrogens with zero attached hydrogens (tertiary/aromatic N) is 4. The smallest absolute Gasteiger partial charge is 0.475 e. The number of hydrogen-bond acceptors (Lipinski definition) is 5. The van der Waals surface area contributed by atoms with Crippen molar-refractivity contribution in [3.05, 3.63) is 59.8 Å². The van der Waals surface area contributed by atoms with Crippen LogP contribution in [0.4, 0.5) is 26.3 Å². The number of aromatic nitrogens is 3. The van der Waals surface area contributed by atoms with E-state index in [1.54, 1.807) is 17.4 Å². The quantitative estimate of drug-likeness (QED) is 0.481. The Bertz CT molecular complexity index is 1200. The number of halogens is 6. The maximum absolute atomic E-state index is 12.7. The highest BCUT2D eigenvalue weighted by Gasteiger charge is 2.38. The van der Waals surface area contributed by atoms with Crippen LogP contribution in [-0.4, -0.2) is 73.4 Å². The molecule has 3 aromatic rings. The number of likely N-dealkylation sites (N-methyl/N-ethyl adjacent to an activating group) is 1. The summed E-state index contributed by atoms with van der Waals surface area (Å²) in [6.45, 7) is 5.27. The topological polar surface area (TPSA) is 126 Å². The highest BCUT2D eigenvalue weighted by atomic mass is 19.4. The number of fused-ring (bicyclic) bond motifs is 1. The van der Waals surface area contributed by atoms with Crippen molar-refractivity contribution in [1.29, 1.82) is 0 Å². The van der Waals surface area contributed by atoms with Crippen molar-refractivity contribution < 1.29 is 50.9 Å². The molecule has 0 aliphatic rings. The zero-order valence-corrected chi connectivity index (χ0v) is 19.6. The fraction of sp³-hybridized carbons (Fsp3) is 0.318. The third kappa shape index (κ3) is 10.1. The minimum atomic E-state index is -5.08. The summed E-state index contributed by atoms with van der Waals surface area (Å²) in [6, 6.07) is 8.03. The van der Waals surface area contributed by atoms with Gasteiger partial charge in [-0.1, -0.05) is 11.6 Å². The first-order valence-electron chi connectivity index (χ1n) is 10.1. The SMILES string of the molecule is Cc1ccc2nc(C)c(C(=O)N(C)CCn3ccnc3)cc2c1.O=C(O)C(F)(F)F.O=C(O)C(F)(F)F. The Morgan fingerprint density at radius 1 is 0.973 bits per heavy atom. The molecule has 15 heteroatoms. The molecular formula is C22H22F6N4O5. The Balaban J connectivity index is 0.000000404. The zero-order chi connectivity index (χ0) is 28.6. The molecule has 0 fully saturated rings. The number of carbonyl (C=O) groups excluding carboxylic acids is 1. The minimum absolute atomic E-state index is 0.00137. The second-order valence-electron chi connectivity index (χ2n) is 7.45. The first kappa shape index (κ1) is 30.9. The van der Waals surface area contributed by atoms with Crippen molar-refractivity contribution in [3.63, 3.8) is 0 Å². The van der Waals surface area contributed by atoms with Crippen LogP contribution in [0.1, 0.15) is 21.6 Å². The Morgan fingerprint density at radius 3 is 1.97 bits per heavy atom. The standard InChI is InChI=1S/C18H20N4O.2C2HF3O2/c1-13-4-5-17-15(10-13)11-16(14(2)20-17)18(23)21(3)8-9-22-7-6-19-12-22;2*3-2(4,5)1(6)7/h4-7,10-12H,8-9H2,1-3H3;2*(H,6,7). The van der Waals surface area contributed by atoms with Gasteiger partial charge in [-0.25, -0.2) is 14.6 Å². The predicted molar refractivity (Wildman–Crippen MR) is 118 cm³/mol. The zero-order valence-electron chi connectivity index (χ0n) is 19.6. The number of benzene rings is 1. The molecular weight excluding hydrogens is 514 g/mol. The number of carboxylic acids is 2. The second kappa shape index (κ2) is 12.7. The van der Waals surface area contributed by atoms with Gasteiger partial charge in [0.05, 0.1) is 23.1 Å². The predicted octanol–water partition coefficient (Wildman–Crippen LogP) is 4.09. The minimum Gasteiger partial charge on any atom is -0.475 e. The lowest BCUT2D eigenvalue weighted by Gasteiger charge is -2.18. The van der Waals surface area contributed by atoms with Crippen LogP contribution in [0.15, 0.2) is 43.0 Å². The van der Waals surface area contributed by atoms with Gasteiger partial charge in [0.2, 0.25) is 0 Å². The number of alkyl halides is 6. The maximum atomic E-state index is 12.7. The van der Waals surface area contributed by atoms with Gasteiger partial charge in [0, 0.05) is 37.9 Å². The van der Waals surface area contributed by atoms with Crippen LogP contribution in [0.25, 0.3) is 10.9 Å². The second-order valence-corrected chi connectivity index (χ2v) is 7.45. The number of aliphatic carboxylic acids is 2. The van der Waals surface area contributed by atoms with Crippen LogP contribution in [0.5, 0.6) is 0 Å². The van der Waals surface area contributed by atoms with Crippen molar-refractivity contribution in [2.24, 2.45) is 0 Å². The molecule has 0 saturated heterocycles. The summed E-state index contributed by atoms with van der Waals surface area (Å²) in [5.41, 5.74) is 3.51. The number of carboxylic acid groups (broad SMARTS) is 2. The average Bonchev–Trinajstić information content (AvgIpc) is 3.30. The van der Waals surface area contributed by atoms with Gasteiger partial charge in [-0.15, -0.1) is 0 Å². The largest absolute Gasteiger partial charge is 0.490 e. The molecule has 3 rings (SSSR count). The van der Waals surface area contributed by atoms with Gasteiger partial charge in [0.15, 0.2) is 0 Å². The van der Waals surface area contributed by atoms with Gasteiger partial charge in [0.25, 0.3) is 5.91 Å². The van der Waals surface area contributed by atoms with E-state index in [1.807, 2.05) is 49.9 Å². The first-order valence-corrected chi connectivity index (χ1v) is 10.1. The van der Waals surface area contributed by atoms with Gasteiger partial charge in [-0.2, -0.15) is 26.3 Å². The van der Waals surface area contributed by atoms with E-state index in [0.717, 1.165) is 28.7 Å². The Kier molecular flexibility index (Phi) is 10.6. The van der Waals surface area contributed by atoms with Crippen molar-refractivity contribution in [3.8, 4) is 0 Å². The summed E-state index contributed by atoms with van der Waals surface area (Å²) in [7, 11) is 1.82. The number of carbonyl (C=O) groups is 3. The summed E-state index contributed by atoms with van der Waals surface area (Å²) in [6.07, 6.45) is -4.78. The molecule has 37 heavy (non-hydrogen) atoms. The molecule has 2 N–H and O–H groups in total. The van der Waals surface area contributed by atoms with E-state index < -0.39 is 24.3 Å². The lowest BCUT2D eigenvalue weighted by molar-refractivity contribution is -0.193. The first-order chi connectivity index (χ1) is 16.9. The monoisotopic (exact) mass is 536 g/mol. The lowest BCUT2D eigenvalue weighted by Crippen LogP contribution is -2.30. The molecule has 0 atom stereocenters. The van der Waals surface area contributed by atoms with Crippen molar-refractivity contribution in [1.82, 2.24) is 19.4 Å². The normalized spacial score (nSPS) is 11.1. The maximum Gasteiger partial charge on any atom is 0.490 e. The van der Waals surface area contributed by atoms with Crippen molar-refractivity contribution in [2.75, 3.05) is 13.6 Å². The van der Waals surface area contributed by atoms with Gasteiger partial charge in [-0.05, 0) is 32.0 Å². The lowest BCUT2D eigenvalue weighted by atomic mass is 10.1. The highest BCUT2D eigenvalue weighted by Crippen LogP contribution is 2.19. The molecule has 2 heterocycles. The van der Waals surface area contributed by atoms with Crippen LogP contribution >= 0.6 is 0 Å². The number of aryl methyl sites for hydroxylation is 2. The fourth-order valence-electron chi connectivity index (χ4n) is 2.60. The number of pyridine rings is 1. The van der Waals surface area contributed by atoms with E-state index in [2.05, 4.69) is 16.0 Å². The van der Waals surface area contributed by atoms with E-state index in [0.29, 0.717) is 12.1 Å². The van der Waals surface area contributed by atoms with Crippen LogP contribution in [0, 0.1) is 13.8 Å². The van der Waals surface area contributed by atoms with Crippen LogP contribution in [0.3, 0.4) is 0 Å². The van der Waals surface area contributed by atoms with E-state index >= 15 is 0 Å². The summed E-state index contributed by atoms with van der Waals surface area (Å²) in [5, 5.41) is 15.3. The summed E-state index contributed by atoms with van der Waals surface area (Å²) >= 11 is 0. The van der Waals surface area contributed by atoms with Crippen LogP contribution in [-0.2, 0) is 16.1 Å². The molecule has 1 amide bonds. The molecule has 202 valence electrons. The molecule has 0 spiro atoms. The third-order valence-corrected chi connectivity index (χ3v) is 4.48. The average molecular weight is 536 g/mol. The molecule has 0 radical (unpaired) electrons. The Labute approximate surface area is 206 Å². The molecule has 2 aromatic heterocycles. The number of imidazole rings is 1. The van der Waals surface area contributed by atoms with Crippen LogP contribution in [0.2, 0.25) is 0 Å². The molecule has 0 saturated carbocycles. The van der Waals surface area contributed by atoms with Crippen LogP contribution < -0.4 is 0 Å². The molecule has 0 aliphatic carbocycles. The molecule has 1 aromatic carbocycles. The molecule has 9 nitrogen and oxygen atoms in total. The highest BCUT2D eigenvalue weighted by molar-refractivity contribution is 5.98. The van der Waals surface area contributed by atoms with E-state index in [9.17, 15) is 31.1 Å². The van der Waals surface area contributed by atoms with Crippen molar-refractivity contribution >= 4 is 28.7 Å². The summed E-state index contributed by atoms with van der Waals surface area (Å²) < 4.78 is 65.4. The number of hydrogen-bond donors (Lipinski definition) is 2. The van der Waals surface area contributed by atoms with Crippen molar-refractivity contribution in [2.45, 2.75) is 32.7 Å². The van der Waals surface area contributed by atoms with Gasteiger partial charge >= 0.3 is 24.3 Å². The fourth-order valence-corrected chi connectivity index (χ4v) is 2.60. The van der Waals surface area contributed by atoms with Gasteiger partial charge in [-0.3, -0.25) is 9.78 Å². The Hall–Kier alpha value is -4.17. The molecule has 0 unspecified atom stereocenters. The van der Waals surface area contributed by atoms with E-state index in [-0.39, 0.29) is 5.91 Å². The molecule has 0 aliphatic heterocycles. The summed E-state index contributed by atoms with van der Waals surface area (Å²) in [5.74, 6) is -5.52. The van der Waals surface area contributed by atoms with E-state index in [1.165, 1.54) is 0 Å². The summed E-state index contributed by atoms with van der Waals surface area (Å²) in [4.78, 5) is 40.8. The van der Waals surface area contributed by atoms with Gasteiger partial charge < -0.3 is 19.7 Å². The molecule has 0 bridgehead atoms. The van der Waals surface area contributed by atoms with E-state index in [4.69, 9.17) is 19.8 Å².